The van der Waals surface area contributed by atoms with Gasteiger partial charge in [-0.2, -0.15) is 5.10 Å². The summed E-state index contributed by atoms with van der Waals surface area (Å²) in [7, 11) is 3.15. The number of benzene rings is 2. The number of methoxy groups -OCH3 is 2. The molecule has 0 saturated carbocycles. The summed E-state index contributed by atoms with van der Waals surface area (Å²) in [4.78, 5) is 56.5. The Labute approximate surface area is 281 Å². The number of aromatic amines is 1. The average Bonchev–Trinajstić information content (AvgIpc) is 3.70. The van der Waals surface area contributed by atoms with Crippen molar-refractivity contribution >= 4 is 23.6 Å². The van der Waals surface area contributed by atoms with Crippen LogP contribution in [0.2, 0.25) is 0 Å². The van der Waals surface area contributed by atoms with Crippen LogP contribution in [0.15, 0.2) is 42.5 Å². The minimum Gasteiger partial charge on any atom is -0.497 e. The number of carbonyl (C=O) groups excluding carboxylic acids is 4. The van der Waals surface area contributed by atoms with Crippen LogP contribution in [-0.4, -0.2) is 84.7 Å². The maximum Gasteiger partial charge on any atom is 0.275 e. The molecule has 2 bridgehead atoms. The molecule has 0 unspecified atom stereocenters. The maximum atomic E-state index is 14.1. The van der Waals surface area contributed by atoms with Crippen LogP contribution in [0.5, 0.6) is 11.5 Å². The molecule has 3 aromatic rings. The minimum absolute atomic E-state index is 0.0962. The van der Waals surface area contributed by atoms with Gasteiger partial charge >= 0.3 is 0 Å². The molecule has 0 saturated heterocycles. The maximum absolute atomic E-state index is 14.1. The highest BCUT2D eigenvalue weighted by Gasteiger charge is 2.31. The molecule has 1 aromatic heterocycles. The molecule has 48 heavy (non-hydrogen) atoms. The van der Waals surface area contributed by atoms with E-state index in [4.69, 9.17) is 9.47 Å². The van der Waals surface area contributed by atoms with E-state index in [1.165, 1.54) is 4.90 Å². The van der Waals surface area contributed by atoms with Crippen molar-refractivity contribution < 1.29 is 28.7 Å². The Morgan fingerprint density at radius 3 is 2.50 bits per heavy atom. The first kappa shape index (κ1) is 34.5. The number of hydrogen-bond acceptors (Lipinski definition) is 7. The number of rotatable bonds is 7. The van der Waals surface area contributed by atoms with Crippen LogP contribution in [0.3, 0.4) is 0 Å². The number of hydrogen-bond donors (Lipinski definition) is 4. The molecule has 2 atom stereocenters. The van der Waals surface area contributed by atoms with E-state index >= 15 is 0 Å². The summed E-state index contributed by atoms with van der Waals surface area (Å²) in [5, 5.41) is 16.4. The van der Waals surface area contributed by atoms with Crippen LogP contribution >= 0.6 is 0 Å². The molecule has 4 N–H and O–H groups in total. The highest BCUT2D eigenvalue weighted by molar-refractivity contribution is 5.98. The van der Waals surface area contributed by atoms with Gasteiger partial charge in [0.05, 0.1) is 20.8 Å². The molecule has 2 aliphatic rings. The Hall–Kier alpha value is -4.87. The van der Waals surface area contributed by atoms with Gasteiger partial charge in [-0.1, -0.05) is 26.0 Å². The Morgan fingerprint density at radius 2 is 1.77 bits per heavy atom. The predicted molar refractivity (Wildman–Crippen MR) is 180 cm³/mol. The van der Waals surface area contributed by atoms with Gasteiger partial charge in [-0.25, -0.2) is 0 Å². The first-order valence-corrected chi connectivity index (χ1v) is 16.7. The van der Waals surface area contributed by atoms with Crippen LogP contribution in [0.25, 0.3) is 0 Å². The zero-order valence-corrected chi connectivity index (χ0v) is 28.2. The SMILES string of the molecule is COc1ccc(C[C@@H]2NC(=O)c3ccc(OC)c(c3)CCCNC(=O)CN(C(=O)c3n[nH]c4c3CCC4)C[C@H](CC(C)C)NC2=O)cc1. The van der Waals surface area contributed by atoms with Crippen molar-refractivity contribution in [1.29, 1.82) is 0 Å². The normalized spacial score (nSPS) is 19.2. The number of nitrogens with zero attached hydrogens (tertiary/aromatic N) is 2. The van der Waals surface area contributed by atoms with Gasteiger partial charge in [0.15, 0.2) is 5.69 Å². The third kappa shape index (κ3) is 8.53. The third-order valence-electron chi connectivity index (χ3n) is 8.88. The smallest absolute Gasteiger partial charge is 0.275 e. The van der Waals surface area contributed by atoms with Crippen LogP contribution in [-0.2, 0) is 35.3 Å². The van der Waals surface area contributed by atoms with E-state index in [2.05, 4.69) is 26.1 Å². The third-order valence-corrected chi connectivity index (χ3v) is 8.88. The lowest BCUT2D eigenvalue weighted by atomic mass is 10.00. The van der Waals surface area contributed by atoms with Gasteiger partial charge in [0.25, 0.3) is 11.8 Å². The van der Waals surface area contributed by atoms with Crippen LogP contribution in [0, 0.1) is 5.92 Å². The van der Waals surface area contributed by atoms with Gasteiger partial charge in [0, 0.05) is 42.4 Å². The van der Waals surface area contributed by atoms with Crippen molar-refractivity contribution in [2.75, 3.05) is 33.9 Å². The summed E-state index contributed by atoms with van der Waals surface area (Å²) < 4.78 is 10.8. The Kier molecular flexibility index (Phi) is 11.4. The predicted octanol–water partition coefficient (Wildman–Crippen LogP) is 2.99. The zero-order valence-electron chi connectivity index (χ0n) is 28.2. The second-order valence-electron chi connectivity index (χ2n) is 13.0. The van der Waals surface area contributed by atoms with Gasteiger partial charge in [-0.05, 0) is 85.9 Å². The van der Waals surface area contributed by atoms with E-state index in [9.17, 15) is 19.2 Å². The Morgan fingerprint density at radius 1 is 0.979 bits per heavy atom. The number of fused-ring (bicyclic) bond motifs is 3. The van der Waals surface area contributed by atoms with E-state index < -0.39 is 18.0 Å². The lowest BCUT2D eigenvalue weighted by Gasteiger charge is -2.30. The van der Waals surface area contributed by atoms with E-state index in [1.807, 2.05) is 38.1 Å². The van der Waals surface area contributed by atoms with Crippen molar-refractivity contribution in [2.24, 2.45) is 5.92 Å². The number of amides is 4. The van der Waals surface area contributed by atoms with Crippen LogP contribution in [0.1, 0.15) is 76.3 Å². The number of aromatic nitrogens is 2. The second kappa shape index (κ2) is 15.8. The van der Waals surface area contributed by atoms with Crippen molar-refractivity contribution in [2.45, 2.75) is 70.9 Å². The quantitative estimate of drug-likeness (QED) is 0.304. The van der Waals surface area contributed by atoms with Gasteiger partial charge in [-0.15, -0.1) is 0 Å². The number of ether oxygens (including phenoxy) is 2. The first-order valence-electron chi connectivity index (χ1n) is 16.7. The molecule has 0 fully saturated rings. The topological polar surface area (TPSA) is 155 Å². The number of carbonyl (C=O) groups is 4. The fourth-order valence-electron chi connectivity index (χ4n) is 6.48. The van der Waals surface area contributed by atoms with Crippen molar-refractivity contribution in [3.63, 3.8) is 0 Å². The summed E-state index contributed by atoms with van der Waals surface area (Å²) in [5.74, 6) is 0.0366. The van der Waals surface area contributed by atoms with Crippen molar-refractivity contribution in [1.82, 2.24) is 31.0 Å². The van der Waals surface area contributed by atoms with Gasteiger partial charge in [-0.3, -0.25) is 24.3 Å². The lowest BCUT2D eigenvalue weighted by Crippen LogP contribution is -2.54. The van der Waals surface area contributed by atoms with E-state index in [0.717, 1.165) is 41.6 Å². The Bertz CT molecular complexity index is 1620. The van der Waals surface area contributed by atoms with E-state index in [1.54, 1.807) is 32.4 Å². The molecular weight excluding hydrogens is 612 g/mol. The molecule has 12 heteroatoms. The molecular formula is C36H46N6O6. The molecule has 1 aliphatic carbocycles. The van der Waals surface area contributed by atoms with Crippen molar-refractivity contribution in [3.8, 4) is 11.5 Å². The van der Waals surface area contributed by atoms with Crippen molar-refractivity contribution in [3.05, 3.63) is 76.1 Å². The molecule has 256 valence electrons. The van der Waals surface area contributed by atoms with Gasteiger partial charge in [0.1, 0.15) is 17.5 Å². The largest absolute Gasteiger partial charge is 0.497 e. The fraction of sp³-hybridized carbons (Fsp3) is 0.472. The summed E-state index contributed by atoms with van der Waals surface area (Å²) >= 11 is 0. The number of nitrogens with one attached hydrogen (secondary N) is 4. The zero-order chi connectivity index (χ0) is 34.2. The van der Waals surface area contributed by atoms with E-state index in [-0.39, 0.29) is 43.1 Å². The highest BCUT2D eigenvalue weighted by atomic mass is 16.5. The number of H-pyrrole nitrogens is 1. The molecule has 1 aliphatic heterocycles. The average molecular weight is 659 g/mol. The lowest BCUT2D eigenvalue weighted by molar-refractivity contribution is -0.123. The summed E-state index contributed by atoms with van der Waals surface area (Å²) in [6.45, 7) is 4.35. The molecule has 2 aromatic carbocycles. The summed E-state index contributed by atoms with van der Waals surface area (Å²) in [6.07, 6.45) is 4.41. The molecule has 12 nitrogen and oxygen atoms in total. The minimum atomic E-state index is -0.927. The highest BCUT2D eigenvalue weighted by Crippen LogP contribution is 2.25. The molecule has 0 radical (unpaired) electrons. The Balaban J connectivity index is 1.48. The number of aryl methyl sites for hydroxylation is 2. The summed E-state index contributed by atoms with van der Waals surface area (Å²) in [6, 6.07) is 11.1. The van der Waals surface area contributed by atoms with Crippen LogP contribution in [0.4, 0.5) is 0 Å². The summed E-state index contributed by atoms with van der Waals surface area (Å²) in [5.41, 5.74) is 4.21. The first-order chi connectivity index (χ1) is 23.1. The monoisotopic (exact) mass is 658 g/mol. The van der Waals surface area contributed by atoms with E-state index in [0.29, 0.717) is 48.6 Å². The van der Waals surface area contributed by atoms with Gasteiger partial charge < -0.3 is 30.3 Å². The standard InChI is InChI=1S/C36H46N6O6/c1-22(2)17-26-20-42(36(46)33-28-8-5-9-29(28)40-41-33)21-32(43)37-16-6-7-24-19-25(12-15-31(24)48-4)34(44)39-30(35(45)38-26)18-23-10-13-27(47-3)14-11-23/h10-15,19,22,26,30H,5-9,16-18,20-21H2,1-4H3,(H,37,43)(H,38,45)(H,39,44)(H,40,41)/t26-,30-/m0/s1. The molecule has 0 spiro atoms. The van der Waals surface area contributed by atoms with Gasteiger partial charge in [0.2, 0.25) is 11.8 Å². The fourth-order valence-corrected chi connectivity index (χ4v) is 6.48. The molecule has 2 heterocycles. The van der Waals surface area contributed by atoms with Crippen LogP contribution < -0.4 is 25.4 Å². The second-order valence-corrected chi connectivity index (χ2v) is 13.0. The molecule has 5 rings (SSSR count). The molecule has 4 amide bonds.